The maximum Gasteiger partial charge on any atom is 0.0725 e. The Hall–Kier alpha value is -14.6. The van der Waals surface area contributed by atoms with Crippen molar-refractivity contribution in [3.8, 4) is 134 Å². The van der Waals surface area contributed by atoms with E-state index in [-0.39, 0.29) is 21.7 Å². The molecular weight excluding hydrogens is 1700 g/mol. The van der Waals surface area contributed by atoms with Crippen molar-refractivity contribution in [1.29, 1.82) is 0 Å². The molecule has 130 heavy (non-hydrogen) atoms. The van der Waals surface area contributed by atoms with Gasteiger partial charge in [0.15, 0.2) is 0 Å². The third-order valence-electron chi connectivity index (χ3n) is 31.7. The summed E-state index contributed by atoms with van der Waals surface area (Å²) in [5.74, 6) is 0. The molecule has 0 atom stereocenters. The summed E-state index contributed by atoms with van der Waals surface area (Å²) >= 11 is 7.39. The van der Waals surface area contributed by atoms with Crippen LogP contribution in [0.5, 0.6) is 0 Å². The Balaban J connectivity index is 0.0000000854. The number of hydrogen-bond donors (Lipinski definition) is 0. The third-order valence-corrected chi connectivity index (χ3v) is 32.7. The normalized spacial score (nSPS) is 15.0. The van der Waals surface area contributed by atoms with E-state index in [0.717, 1.165) is 34.6 Å². The molecule has 0 saturated heterocycles. The van der Waals surface area contributed by atoms with Crippen LogP contribution >= 0.6 is 31.9 Å². The van der Waals surface area contributed by atoms with Gasteiger partial charge in [0.25, 0.3) is 0 Å². The zero-order valence-corrected chi connectivity index (χ0v) is 74.2. The predicted molar refractivity (Wildman–Crippen MR) is 539 cm³/mol. The van der Waals surface area contributed by atoms with Crippen LogP contribution in [0.2, 0.25) is 0 Å². The molecule has 12 aliphatic carbocycles. The molecular formula is C128H78Br2. The quantitative estimate of drug-likeness (QED) is 0.142. The molecule has 12 aliphatic rings. The highest BCUT2D eigenvalue weighted by atomic mass is 79.9. The lowest BCUT2D eigenvalue weighted by Gasteiger charge is -2.30. The molecule has 0 bridgehead atoms. The number of benzene rings is 20. The largest absolute Gasteiger partial charge is 0.0725 e. The monoisotopic (exact) mass is 1770 g/mol. The topological polar surface area (TPSA) is 0 Å². The summed E-state index contributed by atoms with van der Waals surface area (Å²) in [4.78, 5) is 0. The molecule has 0 aromatic heterocycles. The Labute approximate surface area is 773 Å². The van der Waals surface area contributed by atoms with Gasteiger partial charge in [0.05, 0.1) is 21.7 Å². The first kappa shape index (κ1) is 73.4. The molecule has 20 aromatic carbocycles. The van der Waals surface area contributed by atoms with Crippen LogP contribution < -0.4 is 0 Å². The molecule has 0 amide bonds. The van der Waals surface area contributed by atoms with E-state index in [1.54, 1.807) is 0 Å². The minimum Gasteiger partial charge on any atom is -0.0619 e. The van der Waals surface area contributed by atoms with Crippen LogP contribution in [0.25, 0.3) is 134 Å². The van der Waals surface area contributed by atoms with Gasteiger partial charge in [-0.05, 0) is 353 Å². The molecule has 4 spiro atoms. The number of halogens is 2. The zero-order chi connectivity index (χ0) is 85.2. The second kappa shape index (κ2) is 27.0. The van der Waals surface area contributed by atoms with Crippen LogP contribution in [0.15, 0.2) is 434 Å². The van der Waals surface area contributed by atoms with Crippen molar-refractivity contribution < 1.29 is 0 Å². The van der Waals surface area contributed by atoms with E-state index in [2.05, 4.69) is 457 Å². The lowest BCUT2D eigenvalue weighted by Crippen LogP contribution is -2.26. The third kappa shape index (κ3) is 9.44. The van der Waals surface area contributed by atoms with Crippen molar-refractivity contribution in [3.05, 3.63) is 567 Å². The van der Waals surface area contributed by atoms with Gasteiger partial charge in [-0.15, -0.1) is 0 Å². The molecule has 0 fully saturated rings. The van der Waals surface area contributed by atoms with Gasteiger partial charge >= 0.3 is 0 Å². The molecule has 2 heteroatoms. The van der Waals surface area contributed by atoms with Gasteiger partial charge in [0, 0.05) is 8.95 Å². The van der Waals surface area contributed by atoms with Crippen molar-refractivity contribution in [3.63, 3.8) is 0 Å². The fourth-order valence-corrected chi connectivity index (χ4v) is 27.6. The first-order valence-corrected chi connectivity index (χ1v) is 47.5. The van der Waals surface area contributed by atoms with Crippen LogP contribution in [0.4, 0.5) is 0 Å². The molecule has 0 aliphatic heterocycles. The van der Waals surface area contributed by atoms with E-state index in [9.17, 15) is 0 Å². The predicted octanol–water partition coefficient (Wildman–Crippen LogP) is 31.9. The van der Waals surface area contributed by atoms with Crippen LogP contribution in [-0.4, -0.2) is 0 Å². The Morgan fingerprint density at radius 1 is 0.115 bits per heavy atom. The molecule has 0 heterocycles. The van der Waals surface area contributed by atoms with E-state index in [1.165, 1.54) is 267 Å². The summed E-state index contributed by atoms with van der Waals surface area (Å²) in [6.07, 6.45) is 4.06. The summed E-state index contributed by atoms with van der Waals surface area (Å²) in [5.41, 5.74) is 66.4. The van der Waals surface area contributed by atoms with Gasteiger partial charge in [0.2, 0.25) is 0 Å². The van der Waals surface area contributed by atoms with Crippen LogP contribution in [0.3, 0.4) is 0 Å². The van der Waals surface area contributed by atoms with Gasteiger partial charge in [-0.3, -0.25) is 0 Å². The number of rotatable bonds is 0. The minimum atomic E-state index is -0.261. The van der Waals surface area contributed by atoms with Crippen molar-refractivity contribution in [2.24, 2.45) is 0 Å². The Morgan fingerprint density at radius 2 is 0.285 bits per heavy atom. The van der Waals surface area contributed by atoms with E-state index in [4.69, 9.17) is 0 Å². The summed E-state index contributed by atoms with van der Waals surface area (Å²) in [7, 11) is 0. The van der Waals surface area contributed by atoms with Gasteiger partial charge < -0.3 is 0 Å². The molecule has 0 unspecified atom stereocenters. The fourth-order valence-electron chi connectivity index (χ4n) is 26.9. The fraction of sp³-hybridized carbons (Fsp3) is 0.0625. The number of fused-ring (bicyclic) bond motifs is 52. The first-order valence-electron chi connectivity index (χ1n) is 45.9. The van der Waals surface area contributed by atoms with Crippen molar-refractivity contribution in [1.82, 2.24) is 0 Å². The standard InChI is InChI=1S/2C32H19Br.2C32H20/c33-21-14-13-19-15-20-16-31-27(18-26(20)25(19)17-21)24-9-3-6-12-30(24)32(31)28-10-4-1-7-22(28)23-8-2-5-11-29(23)32;33-21-14-13-19-15-20-16-27-24-9-3-6-12-30(24)32(31(27)18-26(20)25(19)17-21)28-10-4-1-7-22(28)23-8-2-5-11-29(23)32;1-2-10-22-20(9-1)17-21-18-31-27(19-26(21)22)25-13-5-8-16-30(25)32(31)28-14-6-3-11-23(28)24-12-4-7-15-29(24)32;1-2-10-22-20(9-1)17-21-18-27-25-13-5-8-16-30(25)32(31(27)19-26(21)22)28-14-6-3-11-23(28)24-12-4-7-15-29(24)32/h2*1-14,16-18H,15H2;2*1-16,18-19H,17H2. The lowest BCUT2D eigenvalue weighted by atomic mass is 9.70. The molecule has 0 saturated carbocycles. The van der Waals surface area contributed by atoms with Crippen LogP contribution in [0, 0.1) is 0 Å². The average Bonchev–Trinajstić information content (AvgIpc) is 1.52. The smallest absolute Gasteiger partial charge is 0.0619 e. The Morgan fingerprint density at radius 3 is 0.546 bits per heavy atom. The molecule has 20 aromatic rings. The van der Waals surface area contributed by atoms with E-state index in [0.29, 0.717) is 0 Å². The maximum absolute atomic E-state index is 3.70. The second-order valence-corrected chi connectivity index (χ2v) is 39.2. The molecule has 0 nitrogen and oxygen atoms in total. The summed E-state index contributed by atoms with van der Waals surface area (Å²) in [5, 5.41) is 0. The summed E-state index contributed by atoms with van der Waals surface area (Å²) in [6.45, 7) is 0. The second-order valence-electron chi connectivity index (χ2n) is 37.4. The molecule has 604 valence electrons. The zero-order valence-electron chi connectivity index (χ0n) is 71.0. The highest BCUT2D eigenvalue weighted by Crippen LogP contribution is 2.70. The molecule has 0 radical (unpaired) electrons. The average molecular weight is 1780 g/mol. The van der Waals surface area contributed by atoms with Gasteiger partial charge in [-0.25, -0.2) is 0 Å². The van der Waals surface area contributed by atoms with Gasteiger partial charge in [0.1, 0.15) is 0 Å². The lowest BCUT2D eigenvalue weighted by molar-refractivity contribution is 0.792. The highest BCUT2D eigenvalue weighted by Gasteiger charge is 2.57. The van der Waals surface area contributed by atoms with Crippen molar-refractivity contribution in [2.45, 2.75) is 47.3 Å². The summed E-state index contributed by atoms with van der Waals surface area (Å²) < 4.78 is 2.29. The van der Waals surface area contributed by atoms with E-state index in [1.807, 2.05) is 0 Å². The molecule has 32 rings (SSSR count). The van der Waals surface area contributed by atoms with E-state index < -0.39 is 0 Å². The maximum atomic E-state index is 3.70. The van der Waals surface area contributed by atoms with Crippen LogP contribution in [0.1, 0.15) is 134 Å². The minimum absolute atomic E-state index is 0.233. The van der Waals surface area contributed by atoms with Crippen molar-refractivity contribution in [2.75, 3.05) is 0 Å². The van der Waals surface area contributed by atoms with Crippen LogP contribution in [-0.2, 0) is 47.3 Å². The number of hydrogen-bond acceptors (Lipinski definition) is 0. The molecule has 0 N–H and O–H groups in total. The Bertz CT molecular complexity index is 8310. The first-order chi connectivity index (χ1) is 64.3. The summed E-state index contributed by atoms with van der Waals surface area (Å²) in [6, 6.07) is 160. The van der Waals surface area contributed by atoms with Gasteiger partial charge in [-0.1, -0.05) is 396 Å². The Kier molecular flexibility index (Phi) is 15.2. The van der Waals surface area contributed by atoms with Gasteiger partial charge in [-0.2, -0.15) is 0 Å². The SMILES string of the molecule is Brc1ccc2c(c1)-c1cc3c(cc1C2)-c1ccccc1C31c2ccccc2-c2ccccc21.Brc1ccc2c(c1)-c1cc3c(cc1C2)C1(c2ccccc2-c2ccccc21)c1ccccc1-3.c1ccc2c(c1)Cc1cc3c(cc1-2)-c1ccccc1C31c2ccccc2-c2ccccc21.c1ccc2c(c1)Cc1cc3c(cc1-2)C1(c2ccccc2-c2ccccc21)c1ccccc1-3. The highest BCUT2D eigenvalue weighted by molar-refractivity contribution is 9.10. The van der Waals surface area contributed by atoms with E-state index >= 15 is 0 Å². The van der Waals surface area contributed by atoms with Crippen molar-refractivity contribution >= 4 is 31.9 Å².